The summed E-state index contributed by atoms with van der Waals surface area (Å²) in [5.41, 5.74) is 1.40. The second-order valence-corrected chi connectivity index (χ2v) is 5.84. The molecular weight excluding hydrogens is 302 g/mol. The maximum Gasteiger partial charge on any atom is 0.293 e. The highest BCUT2D eigenvalue weighted by molar-refractivity contribution is 7.09. The van der Waals surface area contributed by atoms with E-state index in [9.17, 15) is 10.1 Å². The van der Waals surface area contributed by atoms with Crippen LogP contribution >= 0.6 is 11.3 Å². The highest BCUT2D eigenvalue weighted by Crippen LogP contribution is 2.31. The van der Waals surface area contributed by atoms with Crippen LogP contribution in [0.3, 0.4) is 0 Å². The number of nitrogens with zero attached hydrogens (tertiary/aromatic N) is 3. The molecule has 7 nitrogen and oxygen atoms in total. The number of benzene rings is 1. The van der Waals surface area contributed by atoms with E-state index < -0.39 is 0 Å². The van der Waals surface area contributed by atoms with Gasteiger partial charge in [-0.05, 0) is 25.3 Å². The molecule has 0 aliphatic carbocycles. The molecular formula is C14H15N5O2S. The molecule has 3 aromatic rings. The molecule has 0 saturated heterocycles. The van der Waals surface area contributed by atoms with Crippen molar-refractivity contribution in [1.29, 1.82) is 0 Å². The number of aromatic amines is 1. The lowest BCUT2D eigenvalue weighted by molar-refractivity contribution is -0.383. The van der Waals surface area contributed by atoms with E-state index >= 15 is 0 Å². The fourth-order valence-corrected chi connectivity index (χ4v) is 3.00. The largest absolute Gasteiger partial charge is 0.379 e. The van der Waals surface area contributed by atoms with Gasteiger partial charge < -0.3 is 5.32 Å². The van der Waals surface area contributed by atoms with Gasteiger partial charge in [0.05, 0.1) is 21.6 Å². The summed E-state index contributed by atoms with van der Waals surface area (Å²) in [5.74, 6) is 0. The number of aryl methyl sites for hydroxylation is 1. The Bertz CT molecular complexity index is 769. The average molecular weight is 317 g/mol. The number of nitro benzene ring substituents is 1. The van der Waals surface area contributed by atoms with Gasteiger partial charge in [-0.15, -0.1) is 11.3 Å². The second-order valence-electron chi connectivity index (χ2n) is 4.86. The van der Waals surface area contributed by atoms with Gasteiger partial charge in [0.2, 0.25) is 0 Å². The Hall–Kier alpha value is -2.48. The summed E-state index contributed by atoms with van der Waals surface area (Å²) in [5, 5.41) is 25.0. The molecule has 114 valence electrons. The molecule has 22 heavy (non-hydrogen) atoms. The van der Waals surface area contributed by atoms with Crippen LogP contribution in [-0.4, -0.2) is 26.6 Å². The van der Waals surface area contributed by atoms with Gasteiger partial charge in [-0.2, -0.15) is 5.10 Å². The zero-order valence-electron chi connectivity index (χ0n) is 11.8. The van der Waals surface area contributed by atoms with E-state index in [-0.39, 0.29) is 10.6 Å². The van der Waals surface area contributed by atoms with Gasteiger partial charge in [0.25, 0.3) is 5.69 Å². The van der Waals surface area contributed by atoms with Crippen molar-refractivity contribution < 1.29 is 4.92 Å². The van der Waals surface area contributed by atoms with Gasteiger partial charge in [-0.1, -0.05) is 0 Å². The molecule has 0 fully saturated rings. The molecule has 0 radical (unpaired) electrons. The SMILES string of the molecule is O=[N+]([O-])c1ccc2[nH]ncc2c1NCCCCc1nccs1. The van der Waals surface area contributed by atoms with Crippen LogP contribution < -0.4 is 5.32 Å². The van der Waals surface area contributed by atoms with Crippen molar-refractivity contribution in [1.82, 2.24) is 15.2 Å². The number of nitro groups is 1. The minimum absolute atomic E-state index is 0.0776. The molecule has 8 heteroatoms. The Labute approximate surface area is 130 Å². The first-order valence-electron chi connectivity index (χ1n) is 6.98. The quantitative estimate of drug-likeness (QED) is 0.395. The Morgan fingerprint density at radius 2 is 2.27 bits per heavy atom. The van der Waals surface area contributed by atoms with Crippen LogP contribution in [0.2, 0.25) is 0 Å². The van der Waals surface area contributed by atoms with Crippen molar-refractivity contribution in [2.24, 2.45) is 0 Å². The van der Waals surface area contributed by atoms with Crippen molar-refractivity contribution >= 4 is 33.6 Å². The summed E-state index contributed by atoms with van der Waals surface area (Å²) >= 11 is 1.65. The third kappa shape index (κ3) is 3.06. The molecule has 0 amide bonds. The molecule has 0 saturated carbocycles. The summed E-state index contributed by atoms with van der Waals surface area (Å²) in [4.78, 5) is 15.0. The third-order valence-corrected chi connectivity index (χ3v) is 4.24. The molecule has 0 spiro atoms. The van der Waals surface area contributed by atoms with Crippen LogP contribution in [0, 0.1) is 10.1 Å². The Balaban J connectivity index is 1.63. The van der Waals surface area contributed by atoms with Crippen LogP contribution in [0.1, 0.15) is 17.8 Å². The van der Waals surface area contributed by atoms with Crippen molar-refractivity contribution in [2.45, 2.75) is 19.3 Å². The molecule has 0 bridgehead atoms. The van der Waals surface area contributed by atoms with E-state index in [1.165, 1.54) is 6.07 Å². The molecule has 2 aromatic heterocycles. The predicted octanol–water partition coefficient (Wildman–Crippen LogP) is 3.36. The van der Waals surface area contributed by atoms with E-state index in [4.69, 9.17) is 0 Å². The van der Waals surface area contributed by atoms with Crippen LogP contribution in [0.15, 0.2) is 29.9 Å². The van der Waals surface area contributed by atoms with Gasteiger partial charge in [-0.25, -0.2) is 4.98 Å². The maximum atomic E-state index is 11.2. The minimum atomic E-state index is -0.371. The van der Waals surface area contributed by atoms with Gasteiger partial charge >= 0.3 is 0 Å². The fourth-order valence-electron chi connectivity index (χ4n) is 2.33. The van der Waals surface area contributed by atoms with Crippen LogP contribution in [0.4, 0.5) is 11.4 Å². The van der Waals surface area contributed by atoms with E-state index in [1.807, 2.05) is 5.38 Å². The van der Waals surface area contributed by atoms with E-state index in [0.717, 1.165) is 35.2 Å². The number of fused-ring (bicyclic) bond motifs is 1. The van der Waals surface area contributed by atoms with Gasteiger partial charge in [-0.3, -0.25) is 15.2 Å². The number of nitrogens with one attached hydrogen (secondary N) is 2. The van der Waals surface area contributed by atoms with Crippen LogP contribution in [0.5, 0.6) is 0 Å². The summed E-state index contributed by atoms with van der Waals surface area (Å²) in [6.45, 7) is 0.677. The molecule has 1 aromatic carbocycles. The summed E-state index contributed by atoms with van der Waals surface area (Å²) in [7, 11) is 0. The smallest absolute Gasteiger partial charge is 0.293 e. The monoisotopic (exact) mass is 317 g/mol. The Kier molecular flexibility index (Phi) is 4.29. The minimum Gasteiger partial charge on any atom is -0.379 e. The van der Waals surface area contributed by atoms with Crippen molar-refractivity contribution in [3.63, 3.8) is 0 Å². The number of aromatic nitrogens is 3. The normalized spacial score (nSPS) is 10.9. The zero-order chi connectivity index (χ0) is 15.4. The lowest BCUT2D eigenvalue weighted by Gasteiger charge is -2.08. The number of H-pyrrole nitrogens is 1. The first-order valence-corrected chi connectivity index (χ1v) is 7.86. The van der Waals surface area contributed by atoms with Crippen LogP contribution in [-0.2, 0) is 6.42 Å². The number of rotatable bonds is 7. The lowest BCUT2D eigenvalue weighted by atomic mass is 10.1. The van der Waals surface area contributed by atoms with Gasteiger partial charge in [0.1, 0.15) is 5.69 Å². The molecule has 0 aliphatic heterocycles. The molecule has 0 unspecified atom stereocenters. The third-order valence-electron chi connectivity index (χ3n) is 3.40. The van der Waals surface area contributed by atoms with Crippen molar-refractivity contribution in [3.05, 3.63) is 45.0 Å². The van der Waals surface area contributed by atoms with Crippen molar-refractivity contribution in [2.75, 3.05) is 11.9 Å². The number of hydrogen-bond donors (Lipinski definition) is 2. The van der Waals surface area contributed by atoms with Gasteiger partial charge in [0, 0.05) is 29.6 Å². The highest BCUT2D eigenvalue weighted by Gasteiger charge is 2.17. The standard InChI is InChI=1S/C14H15N5O2S/c20-19(21)12-5-4-11-10(9-17-18-11)14(12)16-6-2-1-3-13-15-7-8-22-13/h4-5,7-9,16H,1-3,6H2,(H,17,18). The first-order chi connectivity index (χ1) is 10.8. The lowest BCUT2D eigenvalue weighted by Crippen LogP contribution is -2.05. The van der Waals surface area contributed by atoms with E-state index in [2.05, 4.69) is 20.5 Å². The Morgan fingerprint density at radius 3 is 3.05 bits per heavy atom. The topological polar surface area (TPSA) is 96.7 Å². The average Bonchev–Trinajstić information content (AvgIpc) is 3.17. The number of unbranched alkanes of at least 4 members (excludes halogenated alkanes) is 1. The summed E-state index contributed by atoms with van der Waals surface area (Å²) in [6.07, 6.45) is 6.28. The first kappa shape index (κ1) is 14.5. The molecule has 0 aliphatic rings. The highest BCUT2D eigenvalue weighted by atomic mass is 32.1. The van der Waals surface area contributed by atoms with E-state index in [1.54, 1.807) is 29.8 Å². The van der Waals surface area contributed by atoms with Crippen LogP contribution in [0.25, 0.3) is 10.9 Å². The van der Waals surface area contributed by atoms with Crippen molar-refractivity contribution in [3.8, 4) is 0 Å². The molecule has 2 N–H and O–H groups in total. The molecule has 2 heterocycles. The summed E-state index contributed by atoms with van der Waals surface area (Å²) < 4.78 is 0. The van der Waals surface area contributed by atoms with Gasteiger partial charge in [0.15, 0.2) is 0 Å². The number of thiazole rings is 1. The predicted molar refractivity (Wildman–Crippen MR) is 86.3 cm³/mol. The number of anilines is 1. The summed E-state index contributed by atoms with van der Waals surface area (Å²) in [6, 6.07) is 3.17. The van der Waals surface area contributed by atoms with E-state index in [0.29, 0.717) is 12.2 Å². The Morgan fingerprint density at radius 1 is 1.36 bits per heavy atom. The molecule has 0 atom stereocenters. The molecule has 3 rings (SSSR count). The fraction of sp³-hybridized carbons (Fsp3) is 0.286. The second kappa shape index (κ2) is 6.52. The maximum absolute atomic E-state index is 11.2. The zero-order valence-corrected chi connectivity index (χ0v) is 12.6. The number of hydrogen-bond acceptors (Lipinski definition) is 6.